The van der Waals surface area contributed by atoms with E-state index in [0.29, 0.717) is 19.1 Å². The monoisotopic (exact) mass is 302 g/mol. The van der Waals surface area contributed by atoms with Crippen LogP contribution in [0.5, 0.6) is 0 Å². The fourth-order valence-electron chi connectivity index (χ4n) is 3.40. The molecule has 0 aromatic rings. The molecule has 0 saturated carbocycles. The molecule has 2 N–H and O–H groups in total. The van der Waals surface area contributed by atoms with Crippen LogP contribution in [0.3, 0.4) is 0 Å². The molecule has 0 amide bonds. The van der Waals surface area contributed by atoms with Crippen LogP contribution < -0.4 is 5.32 Å². The van der Waals surface area contributed by atoms with Gasteiger partial charge in [0, 0.05) is 25.7 Å². The van der Waals surface area contributed by atoms with Crippen molar-refractivity contribution in [1.29, 1.82) is 0 Å². The highest BCUT2D eigenvalue weighted by Crippen LogP contribution is 2.37. The minimum Gasteiger partial charge on any atom is -0.388 e. The molecule has 0 bridgehead atoms. The van der Waals surface area contributed by atoms with E-state index >= 15 is 0 Å². The van der Waals surface area contributed by atoms with Gasteiger partial charge in [0.05, 0.1) is 11.2 Å². The molecule has 20 heavy (non-hydrogen) atoms. The number of nitrogens with zero attached hydrogens (tertiary/aromatic N) is 1. The molecule has 5 heteroatoms. The summed E-state index contributed by atoms with van der Waals surface area (Å²) in [4.78, 5) is 2.03. The molecular weight excluding hydrogens is 272 g/mol. The van der Waals surface area contributed by atoms with Gasteiger partial charge in [0.15, 0.2) is 0 Å². The van der Waals surface area contributed by atoms with Gasteiger partial charge >= 0.3 is 0 Å². The van der Waals surface area contributed by atoms with Crippen LogP contribution in [0, 0.1) is 0 Å². The Bertz CT molecular complexity index is 299. The van der Waals surface area contributed by atoms with Crippen molar-refractivity contribution in [2.45, 2.75) is 49.9 Å². The van der Waals surface area contributed by atoms with E-state index < -0.39 is 5.60 Å². The van der Waals surface area contributed by atoms with Gasteiger partial charge in [-0.05, 0) is 58.2 Å². The molecule has 118 valence electrons. The van der Waals surface area contributed by atoms with E-state index in [4.69, 9.17) is 4.74 Å². The maximum Gasteiger partial charge on any atom is 0.0869 e. The maximum absolute atomic E-state index is 10.4. The summed E-state index contributed by atoms with van der Waals surface area (Å²) in [6, 6.07) is 0.487. The summed E-state index contributed by atoms with van der Waals surface area (Å²) in [6.07, 6.45) is 4.53. The maximum atomic E-state index is 10.4. The zero-order valence-corrected chi connectivity index (χ0v) is 14.0. The average molecular weight is 302 g/mol. The van der Waals surface area contributed by atoms with E-state index in [9.17, 15) is 5.11 Å². The van der Waals surface area contributed by atoms with E-state index in [2.05, 4.69) is 5.32 Å². The molecule has 2 rings (SSSR count). The van der Waals surface area contributed by atoms with Crippen LogP contribution in [0.25, 0.3) is 0 Å². The van der Waals surface area contributed by atoms with E-state index in [0.717, 1.165) is 19.4 Å². The van der Waals surface area contributed by atoms with Crippen molar-refractivity contribution in [3.63, 3.8) is 0 Å². The predicted molar refractivity (Wildman–Crippen MR) is 85.4 cm³/mol. The van der Waals surface area contributed by atoms with Crippen LogP contribution in [0.15, 0.2) is 0 Å². The standard InChI is InChI=1S/C15H30N2O2S/c1-14(18,12-17(2)3)11-16-13-4-7-19-15(10-13)5-8-20-9-6-15/h13,16,18H,4-12H2,1-3H3. The first-order valence-electron chi connectivity index (χ1n) is 7.73. The summed E-state index contributed by atoms with van der Waals surface area (Å²) < 4.78 is 6.11. The molecule has 0 aliphatic carbocycles. The van der Waals surface area contributed by atoms with Gasteiger partial charge in [-0.15, -0.1) is 0 Å². The Hall–Kier alpha value is 0.190. The smallest absolute Gasteiger partial charge is 0.0869 e. The van der Waals surface area contributed by atoms with Crippen LogP contribution in [-0.4, -0.2) is 72.5 Å². The first-order valence-corrected chi connectivity index (χ1v) is 8.89. The van der Waals surface area contributed by atoms with Crippen LogP contribution in [0.2, 0.25) is 0 Å². The highest BCUT2D eigenvalue weighted by atomic mass is 32.2. The van der Waals surface area contributed by atoms with Gasteiger partial charge in [0.2, 0.25) is 0 Å². The molecule has 2 heterocycles. The molecular formula is C15H30N2O2S. The van der Waals surface area contributed by atoms with Crippen LogP contribution in [0.4, 0.5) is 0 Å². The third-order valence-corrected chi connectivity index (χ3v) is 5.31. The van der Waals surface area contributed by atoms with Crippen molar-refractivity contribution < 1.29 is 9.84 Å². The third-order valence-electron chi connectivity index (χ3n) is 4.33. The lowest BCUT2D eigenvalue weighted by Crippen LogP contribution is -2.53. The number of ether oxygens (including phenoxy) is 1. The number of rotatable bonds is 5. The number of hydrogen-bond donors (Lipinski definition) is 2. The highest BCUT2D eigenvalue weighted by molar-refractivity contribution is 7.99. The zero-order chi connectivity index (χ0) is 14.6. The van der Waals surface area contributed by atoms with Gasteiger partial charge in [-0.25, -0.2) is 0 Å². The number of thioether (sulfide) groups is 1. The summed E-state index contributed by atoms with van der Waals surface area (Å²) in [5, 5.41) is 14.0. The van der Waals surface area contributed by atoms with E-state index in [1.807, 2.05) is 37.7 Å². The Morgan fingerprint density at radius 1 is 1.40 bits per heavy atom. The normalized spacial score (nSPS) is 29.6. The molecule has 4 nitrogen and oxygen atoms in total. The van der Waals surface area contributed by atoms with Crippen molar-refractivity contribution in [3.05, 3.63) is 0 Å². The molecule has 0 aromatic heterocycles. The first kappa shape index (κ1) is 16.6. The summed E-state index contributed by atoms with van der Waals surface area (Å²) in [5.41, 5.74) is -0.550. The Kier molecular flexibility index (Phi) is 5.77. The van der Waals surface area contributed by atoms with Gasteiger partial charge in [-0.2, -0.15) is 11.8 Å². The van der Waals surface area contributed by atoms with Crippen LogP contribution >= 0.6 is 11.8 Å². The Morgan fingerprint density at radius 3 is 2.75 bits per heavy atom. The van der Waals surface area contributed by atoms with Crippen molar-refractivity contribution in [2.24, 2.45) is 0 Å². The minimum absolute atomic E-state index is 0.120. The molecule has 2 saturated heterocycles. The largest absolute Gasteiger partial charge is 0.388 e. The van der Waals surface area contributed by atoms with E-state index in [-0.39, 0.29) is 5.60 Å². The van der Waals surface area contributed by atoms with Crippen molar-refractivity contribution >= 4 is 11.8 Å². The van der Waals surface area contributed by atoms with E-state index in [1.54, 1.807) is 0 Å². The fraction of sp³-hybridized carbons (Fsp3) is 1.00. The second-order valence-corrected chi connectivity index (χ2v) is 8.17. The minimum atomic E-state index is -0.669. The summed E-state index contributed by atoms with van der Waals surface area (Å²) in [7, 11) is 4.00. The van der Waals surface area contributed by atoms with Gasteiger partial charge in [-0.3, -0.25) is 0 Å². The summed E-state index contributed by atoms with van der Waals surface area (Å²) >= 11 is 2.04. The zero-order valence-electron chi connectivity index (χ0n) is 13.2. The first-order chi connectivity index (χ1) is 9.41. The molecule has 2 fully saturated rings. The van der Waals surface area contributed by atoms with Gasteiger partial charge in [-0.1, -0.05) is 0 Å². The summed E-state index contributed by atoms with van der Waals surface area (Å²) in [6.45, 7) is 4.11. The second-order valence-electron chi connectivity index (χ2n) is 6.95. The van der Waals surface area contributed by atoms with Gasteiger partial charge in [0.25, 0.3) is 0 Å². The van der Waals surface area contributed by atoms with Crippen LogP contribution in [0.1, 0.15) is 32.6 Å². The molecule has 2 aliphatic rings. The molecule has 1 spiro atoms. The van der Waals surface area contributed by atoms with Crippen molar-refractivity contribution in [1.82, 2.24) is 10.2 Å². The van der Waals surface area contributed by atoms with Crippen molar-refractivity contribution in [3.8, 4) is 0 Å². The second kappa shape index (κ2) is 6.97. The molecule has 0 aromatic carbocycles. The number of likely N-dealkylation sites (N-methyl/N-ethyl adjacent to an activating group) is 1. The third kappa shape index (κ3) is 4.88. The highest BCUT2D eigenvalue weighted by Gasteiger charge is 2.39. The lowest BCUT2D eigenvalue weighted by molar-refractivity contribution is -0.0953. The Labute approximate surface area is 127 Å². The van der Waals surface area contributed by atoms with Crippen LogP contribution in [-0.2, 0) is 4.74 Å². The topological polar surface area (TPSA) is 44.7 Å². The van der Waals surface area contributed by atoms with E-state index in [1.165, 1.54) is 24.3 Å². The average Bonchev–Trinajstić information content (AvgIpc) is 2.36. The Balaban J connectivity index is 1.81. The lowest BCUT2D eigenvalue weighted by Gasteiger charge is -2.44. The fourth-order valence-corrected chi connectivity index (χ4v) is 4.63. The Morgan fingerprint density at radius 2 is 2.10 bits per heavy atom. The predicted octanol–water partition coefficient (Wildman–Crippen LogP) is 1.33. The lowest BCUT2D eigenvalue weighted by atomic mass is 9.85. The molecule has 2 aliphatic heterocycles. The SMILES string of the molecule is CN(C)CC(C)(O)CNC1CCOC2(CCSCC2)C1. The number of nitrogens with one attached hydrogen (secondary N) is 1. The van der Waals surface area contributed by atoms with Crippen molar-refractivity contribution in [2.75, 3.05) is 45.3 Å². The molecule has 2 unspecified atom stereocenters. The summed E-state index contributed by atoms with van der Waals surface area (Å²) in [5.74, 6) is 2.45. The number of aliphatic hydroxyl groups is 1. The number of hydrogen-bond acceptors (Lipinski definition) is 5. The van der Waals surface area contributed by atoms with Gasteiger partial charge < -0.3 is 20.1 Å². The van der Waals surface area contributed by atoms with Gasteiger partial charge in [0.1, 0.15) is 0 Å². The molecule has 0 radical (unpaired) electrons. The quantitative estimate of drug-likeness (QED) is 0.802. The molecule has 2 atom stereocenters.